The lowest BCUT2D eigenvalue weighted by Crippen LogP contribution is -2.21. The van der Waals surface area contributed by atoms with Gasteiger partial charge in [0.05, 0.1) is 13.2 Å². The number of allylic oxidation sites excluding steroid dienone is 1. The molecule has 0 aromatic rings. The van der Waals surface area contributed by atoms with Crippen molar-refractivity contribution in [1.82, 2.24) is 0 Å². The predicted octanol–water partition coefficient (Wildman–Crippen LogP) is -0.308. The summed E-state index contributed by atoms with van der Waals surface area (Å²) in [6, 6.07) is 0. The fourth-order valence-electron chi connectivity index (χ4n) is 1.18. The molecule has 88 valence electrons. The van der Waals surface area contributed by atoms with Gasteiger partial charge in [0.2, 0.25) is 0 Å². The Kier molecular flexibility index (Phi) is 5.63. The van der Waals surface area contributed by atoms with Crippen LogP contribution in [0.15, 0.2) is 11.8 Å². The molecule has 0 radical (unpaired) electrons. The lowest BCUT2D eigenvalue weighted by Gasteiger charge is -2.04. The number of hydrogen-bond donors (Lipinski definition) is 3. The van der Waals surface area contributed by atoms with Crippen molar-refractivity contribution in [2.45, 2.75) is 31.6 Å². The summed E-state index contributed by atoms with van der Waals surface area (Å²) in [6.07, 6.45) is 3.46. The standard InChI is InChI=1S/C10H20N2O3/c11-8(5-10(12)13)3-1-2-4-14-6-9-7-15-9/h3,9-10,13H,1-2,4-7,11-12H2. The lowest BCUT2D eigenvalue weighted by atomic mass is 10.2. The molecule has 0 aromatic heterocycles. The van der Waals surface area contributed by atoms with E-state index in [0.717, 1.165) is 26.1 Å². The van der Waals surface area contributed by atoms with E-state index in [1.807, 2.05) is 6.08 Å². The third-order valence-electron chi connectivity index (χ3n) is 2.05. The molecule has 1 fully saturated rings. The monoisotopic (exact) mass is 216 g/mol. The van der Waals surface area contributed by atoms with Gasteiger partial charge in [-0.25, -0.2) is 0 Å². The highest BCUT2D eigenvalue weighted by molar-refractivity contribution is 4.97. The maximum absolute atomic E-state index is 8.85. The highest BCUT2D eigenvalue weighted by Gasteiger charge is 2.21. The largest absolute Gasteiger partial charge is 0.402 e. The van der Waals surface area contributed by atoms with E-state index in [4.69, 9.17) is 26.0 Å². The smallest absolute Gasteiger partial charge is 0.107 e. The van der Waals surface area contributed by atoms with E-state index < -0.39 is 6.23 Å². The number of nitrogens with two attached hydrogens (primary N) is 2. The normalized spacial score (nSPS) is 22.8. The zero-order valence-corrected chi connectivity index (χ0v) is 8.89. The summed E-state index contributed by atoms with van der Waals surface area (Å²) in [5, 5.41) is 8.85. The van der Waals surface area contributed by atoms with E-state index in [1.54, 1.807) is 0 Å². The number of hydrogen-bond acceptors (Lipinski definition) is 5. The van der Waals surface area contributed by atoms with E-state index >= 15 is 0 Å². The van der Waals surface area contributed by atoms with Gasteiger partial charge in [-0.3, -0.25) is 0 Å². The summed E-state index contributed by atoms with van der Waals surface area (Å²) in [4.78, 5) is 0. The number of unbranched alkanes of at least 4 members (excludes halogenated alkanes) is 1. The van der Waals surface area contributed by atoms with Crippen molar-refractivity contribution in [3.05, 3.63) is 11.8 Å². The fourth-order valence-corrected chi connectivity index (χ4v) is 1.18. The first-order chi connectivity index (χ1) is 7.18. The Morgan fingerprint density at radius 3 is 3.00 bits per heavy atom. The van der Waals surface area contributed by atoms with Crippen LogP contribution in [0.2, 0.25) is 0 Å². The van der Waals surface area contributed by atoms with Crippen LogP contribution < -0.4 is 11.5 Å². The van der Waals surface area contributed by atoms with Crippen LogP contribution in [0.5, 0.6) is 0 Å². The third kappa shape index (κ3) is 7.33. The molecule has 1 aliphatic heterocycles. The van der Waals surface area contributed by atoms with E-state index in [1.165, 1.54) is 0 Å². The van der Waals surface area contributed by atoms with Crippen LogP contribution in [-0.2, 0) is 9.47 Å². The molecule has 1 rings (SSSR count). The van der Waals surface area contributed by atoms with Crippen molar-refractivity contribution in [3.8, 4) is 0 Å². The van der Waals surface area contributed by atoms with E-state index in [9.17, 15) is 0 Å². The summed E-state index contributed by atoms with van der Waals surface area (Å²) in [7, 11) is 0. The summed E-state index contributed by atoms with van der Waals surface area (Å²) in [5.74, 6) is 0. The molecule has 1 aliphatic rings. The molecule has 2 unspecified atom stereocenters. The first-order valence-electron chi connectivity index (χ1n) is 5.26. The van der Waals surface area contributed by atoms with Gasteiger partial charge in [-0.15, -0.1) is 0 Å². The van der Waals surface area contributed by atoms with Crippen LogP contribution in [0.1, 0.15) is 19.3 Å². The van der Waals surface area contributed by atoms with E-state index in [-0.39, 0.29) is 0 Å². The molecule has 0 aliphatic carbocycles. The molecule has 0 aromatic carbocycles. The van der Waals surface area contributed by atoms with Crippen LogP contribution in [0.25, 0.3) is 0 Å². The van der Waals surface area contributed by atoms with Crippen molar-refractivity contribution >= 4 is 0 Å². The van der Waals surface area contributed by atoms with Gasteiger partial charge in [0.25, 0.3) is 0 Å². The Morgan fingerprint density at radius 1 is 1.67 bits per heavy atom. The topological polar surface area (TPSA) is 94.0 Å². The van der Waals surface area contributed by atoms with E-state index in [0.29, 0.717) is 24.8 Å². The lowest BCUT2D eigenvalue weighted by molar-refractivity contribution is 0.115. The maximum atomic E-state index is 8.85. The van der Waals surface area contributed by atoms with Gasteiger partial charge in [-0.05, 0) is 12.8 Å². The molecule has 15 heavy (non-hydrogen) atoms. The minimum absolute atomic E-state index is 0.330. The average molecular weight is 216 g/mol. The summed E-state index contributed by atoms with van der Waals surface area (Å²) < 4.78 is 10.3. The minimum Gasteiger partial charge on any atom is -0.402 e. The molecule has 5 heteroatoms. The first-order valence-corrected chi connectivity index (χ1v) is 5.26. The van der Waals surface area contributed by atoms with Gasteiger partial charge in [0, 0.05) is 18.7 Å². The van der Waals surface area contributed by atoms with Crippen molar-refractivity contribution in [2.75, 3.05) is 19.8 Å². The van der Waals surface area contributed by atoms with Gasteiger partial charge in [0.15, 0.2) is 0 Å². The summed E-state index contributed by atoms with van der Waals surface area (Å²) in [5.41, 5.74) is 11.4. The Labute approximate surface area is 90.0 Å². The molecule has 0 spiro atoms. The SMILES string of the molecule is NC(=CCCCOCC1CO1)CC(N)O. The molecular weight excluding hydrogens is 196 g/mol. The van der Waals surface area contributed by atoms with Crippen LogP contribution in [0.3, 0.4) is 0 Å². The predicted molar refractivity (Wildman–Crippen MR) is 56.9 cm³/mol. The van der Waals surface area contributed by atoms with Crippen LogP contribution in [-0.4, -0.2) is 37.3 Å². The van der Waals surface area contributed by atoms with Crippen LogP contribution in [0.4, 0.5) is 0 Å². The number of epoxide rings is 1. The Hall–Kier alpha value is -0.620. The fraction of sp³-hybridized carbons (Fsp3) is 0.800. The van der Waals surface area contributed by atoms with Crippen LogP contribution in [0, 0.1) is 0 Å². The molecule has 2 atom stereocenters. The zero-order valence-electron chi connectivity index (χ0n) is 8.89. The van der Waals surface area contributed by atoms with Gasteiger partial charge >= 0.3 is 0 Å². The number of aliphatic hydroxyl groups excluding tert-OH is 1. The van der Waals surface area contributed by atoms with Gasteiger partial charge < -0.3 is 26.0 Å². The highest BCUT2D eigenvalue weighted by atomic mass is 16.6. The first kappa shape index (κ1) is 12.4. The number of aliphatic hydroxyl groups is 1. The van der Waals surface area contributed by atoms with E-state index in [2.05, 4.69) is 0 Å². The van der Waals surface area contributed by atoms with Gasteiger partial charge in [0.1, 0.15) is 12.3 Å². The zero-order chi connectivity index (χ0) is 11.1. The van der Waals surface area contributed by atoms with Crippen molar-refractivity contribution < 1.29 is 14.6 Å². The second-order valence-electron chi connectivity index (χ2n) is 3.72. The second-order valence-corrected chi connectivity index (χ2v) is 3.72. The van der Waals surface area contributed by atoms with Crippen molar-refractivity contribution in [1.29, 1.82) is 0 Å². The summed E-state index contributed by atoms with van der Waals surface area (Å²) in [6.45, 7) is 2.25. The molecule has 5 nitrogen and oxygen atoms in total. The molecule has 0 saturated carbocycles. The quantitative estimate of drug-likeness (QED) is 0.294. The Bertz CT molecular complexity index is 203. The van der Waals surface area contributed by atoms with Crippen molar-refractivity contribution in [3.63, 3.8) is 0 Å². The Morgan fingerprint density at radius 2 is 2.40 bits per heavy atom. The maximum Gasteiger partial charge on any atom is 0.107 e. The highest BCUT2D eigenvalue weighted by Crippen LogP contribution is 2.08. The van der Waals surface area contributed by atoms with Crippen LogP contribution >= 0.6 is 0 Å². The molecular formula is C10H20N2O3. The average Bonchev–Trinajstić information content (AvgIpc) is 2.93. The number of ether oxygens (including phenoxy) is 2. The molecule has 0 bridgehead atoms. The third-order valence-corrected chi connectivity index (χ3v) is 2.05. The molecule has 5 N–H and O–H groups in total. The number of rotatable bonds is 8. The molecule has 0 amide bonds. The van der Waals surface area contributed by atoms with Crippen molar-refractivity contribution in [2.24, 2.45) is 11.5 Å². The molecule has 1 heterocycles. The van der Waals surface area contributed by atoms with Gasteiger partial charge in [-0.2, -0.15) is 0 Å². The summed E-state index contributed by atoms with van der Waals surface area (Å²) >= 11 is 0. The minimum atomic E-state index is -0.857. The Balaban J connectivity index is 1.89. The molecule has 1 saturated heterocycles. The second kappa shape index (κ2) is 6.79. The van der Waals surface area contributed by atoms with Gasteiger partial charge in [-0.1, -0.05) is 6.08 Å².